The van der Waals surface area contributed by atoms with Crippen molar-refractivity contribution >= 4 is 0 Å². The fourth-order valence-corrected chi connectivity index (χ4v) is 3.66. The summed E-state index contributed by atoms with van der Waals surface area (Å²) < 4.78 is 5.99. The van der Waals surface area contributed by atoms with Gasteiger partial charge in [-0.25, -0.2) is 0 Å². The lowest BCUT2D eigenvalue weighted by molar-refractivity contribution is 0.000668. The van der Waals surface area contributed by atoms with E-state index in [1.807, 2.05) is 0 Å². The largest absolute Gasteiger partial charge is 0.374 e. The quantitative estimate of drug-likeness (QED) is 0.831. The second-order valence-electron chi connectivity index (χ2n) is 7.00. The van der Waals surface area contributed by atoms with Gasteiger partial charge in [-0.3, -0.25) is 4.90 Å². The zero-order valence-electron chi connectivity index (χ0n) is 12.1. The fraction of sp³-hybridized carbons (Fsp3) is 1.00. The second kappa shape index (κ2) is 4.77. The summed E-state index contributed by atoms with van der Waals surface area (Å²) in [6.07, 6.45) is 6.28. The van der Waals surface area contributed by atoms with Crippen molar-refractivity contribution in [2.24, 2.45) is 5.92 Å². The highest BCUT2D eigenvalue weighted by molar-refractivity contribution is 5.03. The Morgan fingerprint density at radius 1 is 1.22 bits per heavy atom. The topological polar surface area (TPSA) is 24.5 Å². The Balaban J connectivity index is 1.59. The van der Waals surface area contributed by atoms with E-state index in [1.54, 1.807) is 0 Å². The summed E-state index contributed by atoms with van der Waals surface area (Å²) in [5.41, 5.74) is 0.358. The van der Waals surface area contributed by atoms with Gasteiger partial charge in [0.15, 0.2) is 0 Å². The number of hydrogen-bond acceptors (Lipinski definition) is 3. The maximum atomic E-state index is 5.99. The maximum absolute atomic E-state index is 5.99. The molecule has 3 fully saturated rings. The summed E-state index contributed by atoms with van der Waals surface area (Å²) in [5.74, 6) is 0.913. The molecule has 0 radical (unpaired) electrons. The van der Waals surface area contributed by atoms with Crippen molar-refractivity contribution in [3.63, 3.8) is 0 Å². The van der Waals surface area contributed by atoms with Gasteiger partial charge in [-0.1, -0.05) is 0 Å². The zero-order chi connectivity index (χ0) is 12.8. The second-order valence-corrected chi connectivity index (χ2v) is 7.00. The first kappa shape index (κ1) is 12.9. The Morgan fingerprint density at radius 2 is 2.00 bits per heavy atom. The third-order valence-corrected chi connectivity index (χ3v) is 5.19. The van der Waals surface area contributed by atoms with Crippen LogP contribution in [-0.2, 0) is 4.74 Å². The highest BCUT2D eigenvalue weighted by Crippen LogP contribution is 2.41. The Morgan fingerprint density at radius 3 is 2.61 bits per heavy atom. The molecule has 0 aromatic carbocycles. The van der Waals surface area contributed by atoms with Crippen LogP contribution in [0.1, 0.15) is 46.5 Å². The summed E-state index contributed by atoms with van der Waals surface area (Å²) in [4.78, 5) is 2.66. The molecule has 3 nitrogen and oxygen atoms in total. The van der Waals surface area contributed by atoms with E-state index in [0.717, 1.165) is 19.0 Å². The minimum Gasteiger partial charge on any atom is -0.374 e. The van der Waals surface area contributed by atoms with Crippen LogP contribution in [0.5, 0.6) is 0 Å². The molecule has 0 aromatic heterocycles. The van der Waals surface area contributed by atoms with Gasteiger partial charge in [0.1, 0.15) is 0 Å². The predicted octanol–water partition coefficient (Wildman–Crippen LogP) is 2.02. The molecular weight excluding hydrogens is 224 g/mol. The molecule has 0 bridgehead atoms. The first-order chi connectivity index (χ1) is 8.57. The van der Waals surface area contributed by atoms with Crippen molar-refractivity contribution in [3.05, 3.63) is 0 Å². The average Bonchev–Trinajstić information content (AvgIpc) is 3.10. The van der Waals surface area contributed by atoms with Crippen LogP contribution in [0, 0.1) is 5.92 Å². The minimum atomic E-state index is 0.358. The van der Waals surface area contributed by atoms with Gasteiger partial charge in [0.2, 0.25) is 0 Å². The van der Waals surface area contributed by atoms with Crippen LogP contribution < -0.4 is 5.32 Å². The molecule has 104 valence electrons. The van der Waals surface area contributed by atoms with Crippen LogP contribution in [0.15, 0.2) is 0 Å². The number of rotatable bonds is 3. The molecule has 0 spiro atoms. The van der Waals surface area contributed by atoms with Crippen molar-refractivity contribution < 1.29 is 4.74 Å². The minimum absolute atomic E-state index is 0.358. The SMILES string of the molecule is CC1CCC(CN2CC(C)(C3CC3)NCC2C)O1. The molecule has 3 heteroatoms. The molecule has 2 aliphatic heterocycles. The number of hydrogen-bond donors (Lipinski definition) is 1. The van der Waals surface area contributed by atoms with Crippen molar-refractivity contribution in [2.75, 3.05) is 19.6 Å². The van der Waals surface area contributed by atoms with Gasteiger partial charge in [-0.15, -0.1) is 0 Å². The van der Waals surface area contributed by atoms with Gasteiger partial charge < -0.3 is 10.1 Å². The lowest BCUT2D eigenvalue weighted by atomic mass is 9.91. The summed E-state index contributed by atoms with van der Waals surface area (Å²) in [6.45, 7) is 10.4. The lowest BCUT2D eigenvalue weighted by Gasteiger charge is -2.46. The number of nitrogens with one attached hydrogen (secondary N) is 1. The Kier molecular flexibility index (Phi) is 3.41. The molecular formula is C15H28N2O. The third kappa shape index (κ3) is 2.59. The summed E-state index contributed by atoms with van der Waals surface area (Å²) in [5, 5.41) is 3.79. The Labute approximate surface area is 111 Å². The molecule has 18 heavy (non-hydrogen) atoms. The van der Waals surface area contributed by atoms with E-state index in [4.69, 9.17) is 4.74 Å². The van der Waals surface area contributed by atoms with E-state index in [9.17, 15) is 0 Å². The summed E-state index contributed by atoms with van der Waals surface area (Å²) >= 11 is 0. The van der Waals surface area contributed by atoms with Crippen LogP contribution >= 0.6 is 0 Å². The van der Waals surface area contributed by atoms with Crippen molar-refractivity contribution in [3.8, 4) is 0 Å². The molecule has 0 amide bonds. The van der Waals surface area contributed by atoms with Gasteiger partial charge in [0.05, 0.1) is 12.2 Å². The molecule has 3 aliphatic rings. The molecule has 1 N–H and O–H groups in total. The molecule has 2 saturated heterocycles. The van der Waals surface area contributed by atoms with Crippen molar-refractivity contribution in [1.29, 1.82) is 0 Å². The predicted molar refractivity (Wildman–Crippen MR) is 73.7 cm³/mol. The van der Waals surface area contributed by atoms with E-state index in [1.165, 1.54) is 32.2 Å². The third-order valence-electron chi connectivity index (χ3n) is 5.19. The standard InChI is InChI=1S/C15H28N2O/c1-11-8-16-15(3,13-5-6-13)10-17(11)9-14-7-4-12(2)18-14/h11-14,16H,4-10H2,1-3H3. The monoisotopic (exact) mass is 252 g/mol. The van der Waals surface area contributed by atoms with Gasteiger partial charge >= 0.3 is 0 Å². The van der Waals surface area contributed by atoms with E-state index >= 15 is 0 Å². The van der Waals surface area contributed by atoms with Crippen molar-refractivity contribution in [2.45, 2.75) is 70.2 Å². The first-order valence-electron chi connectivity index (χ1n) is 7.71. The highest BCUT2D eigenvalue weighted by Gasteiger charge is 2.45. The average molecular weight is 252 g/mol. The first-order valence-corrected chi connectivity index (χ1v) is 7.71. The van der Waals surface area contributed by atoms with E-state index in [2.05, 4.69) is 31.0 Å². The van der Waals surface area contributed by atoms with Gasteiger partial charge in [-0.05, 0) is 52.4 Å². The van der Waals surface area contributed by atoms with Crippen molar-refractivity contribution in [1.82, 2.24) is 10.2 Å². The van der Waals surface area contributed by atoms with E-state index in [-0.39, 0.29) is 0 Å². The number of ether oxygens (including phenoxy) is 1. The Bertz CT molecular complexity index is 305. The smallest absolute Gasteiger partial charge is 0.0706 e. The Hall–Kier alpha value is -0.120. The van der Waals surface area contributed by atoms with Crippen LogP contribution in [0.25, 0.3) is 0 Å². The van der Waals surface area contributed by atoms with Crippen LogP contribution in [0.4, 0.5) is 0 Å². The maximum Gasteiger partial charge on any atom is 0.0706 e. The fourth-order valence-electron chi connectivity index (χ4n) is 3.66. The lowest BCUT2D eigenvalue weighted by Crippen LogP contribution is -2.64. The molecule has 0 aromatic rings. The molecule has 4 unspecified atom stereocenters. The molecule has 3 rings (SSSR count). The van der Waals surface area contributed by atoms with E-state index < -0.39 is 0 Å². The van der Waals surface area contributed by atoms with Crippen LogP contribution in [0.3, 0.4) is 0 Å². The highest BCUT2D eigenvalue weighted by atomic mass is 16.5. The number of nitrogens with zero attached hydrogens (tertiary/aromatic N) is 1. The summed E-state index contributed by atoms with van der Waals surface area (Å²) in [7, 11) is 0. The van der Waals surface area contributed by atoms with Gasteiger partial charge in [0, 0.05) is 31.2 Å². The molecule has 2 heterocycles. The molecule has 1 saturated carbocycles. The number of piperazine rings is 1. The van der Waals surface area contributed by atoms with Crippen LogP contribution in [-0.4, -0.2) is 48.3 Å². The summed E-state index contributed by atoms with van der Waals surface area (Å²) in [6, 6.07) is 0.649. The molecule has 4 atom stereocenters. The van der Waals surface area contributed by atoms with Crippen LogP contribution in [0.2, 0.25) is 0 Å². The molecule has 1 aliphatic carbocycles. The van der Waals surface area contributed by atoms with Gasteiger partial charge in [-0.2, -0.15) is 0 Å². The van der Waals surface area contributed by atoms with Gasteiger partial charge in [0.25, 0.3) is 0 Å². The normalized spacial score (nSPS) is 46.5. The zero-order valence-corrected chi connectivity index (χ0v) is 12.1. The van der Waals surface area contributed by atoms with E-state index in [0.29, 0.717) is 23.8 Å².